The zero-order valence-corrected chi connectivity index (χ0v) is 16.7. The lowest BCUT2D eigenvalue weighted by Gasteiger charge is -2.36. The lowest BCUT2D eigenvalue weighted by atomic mass is 10.1. The van der Waals surface area contributed by atoms with Crippen molar-refractivity contribution in [1.82, 2.24) is 20.4 Å². The van der Waals surface area contributed by atoms with Crippen molar-refractivity contribution in [2.24, 2.45) is 10.9 Å². The SMILES string of the molecule is CCNC(=NCC1CN(C)CCN1C)NCCC(C)C.I. The maximum Gasteiger partial charge on any atom is 0.191 e. The minimum Gasteiger partial charge on any atom is -0.357 e. The maximum atomic E-state index is 4.74. The van der Waals surface area contributed by atoms with Gasteiger partial charge in [-0.1, -0.05) is 13.8 Å². The largest absolute Gasteiger partial charge is 0.357 e. The lowest BCUT2D eigenvalue weighted by Crippen LogP contribution is -2.51. The van der Waals surface area contributed by atoms with Crippen molar-refractivity contribution in [1.29, 1.82) is 0 Å². The van der Waals surface area contributed by atoms with Crippen LogP contribution in [0.4, 0.5) is 0 Å². The molecule has 1 rings (SSSR count). The summed E-state index contributed by atoms with van der Waals surface area (Å²) in [6.45, 7) is 12.8. The van der Waals surface area contributed by atoms with Gasteiger partial charge in [0.25, 0.3) is 0 Å². The third-order valence-corrected chi connectivity index (χ3v) is 3.80. The Morgan fingerprint density at radius 1 is 1.24 bits per heavy atom. The second-order valence-corrected chi connectivity index (χ2v) is 6.23. The lowest BCUT2D eigenvalue weighted by molar-refractivity contribution is 0.119. The van der Waals surface area contributed by atoms with Crippen molar-refractivity contribution in [3.63, 3.8) is 0 Å². The van der Waals surface area contributed by atoms with Crippen molar-refractivity contribution in [3.05, 3.63) is 0 Å². The molecule has 1 fully saturated rings. The molecule has 0 aromatic rings. The molecule has 0 bridgehead atoms. The summed E-state index contributed by atoms with van der Waals surface area (Å²) >= 11 is 0. The molecule has 0 aliphatic carbocycles. The highest BCUT2D eigenvalue weighted by molar-refractivity contribution is 14.0. The molecule has 0 radical (unpaired) electrons. The van der Waals surface area contributed by atoms with Crippen LogP contribution in [0.5, 0.6) is 0 Å². The smallest absolute Gasteiger partial charge is 0.191 e. The van der Waals surface area contributed by atoms with Crippen LogP contribution in [0, 0.1) is 5.92 Å². The molecule has 0 amide bonds. The first-order valence-electron chi connectivity index (χ1n) is 7.93. The number of rotatable bonds is 6. The molecule has 1 saturated heterocycles. The third kappa shape index (κ3) is 8.83. The molecule has 0 saturated carbocycles. The molecule has 2 N–H and O–H groups in total. The van der Waals surface area contributed by atoms with Crippen LogP contribution < -0.4 is 10.6 Å². The van der Waals surface area contributed by atoms with Gasteiger partial charge in [-0.2, -0.15) is 0 Å². The van der Waals surface area contributed by atoms with Crippen LogP contribution in [0.15, 0.2) is 4.99 Å². The number of piperazine rings is 1. The van der Waals surface area contributed by atoms with Crippen molar-refractivity contribution < 1.29 is 0 Å². The summed E-state index contributed by atoms with van der Waals surface area (Å²) < 4.78 is 0. The average molecular weight is 411 g/mol. The highest BCUT2D eigenvalue weighted by atomic mass is 127. The first kappa shape index (κ1) is 20.9. The van der Waals surface area contributed by atoms with E-state index < -0.39 is 0 Å². The Kier molecular flexibility index (Phi) is 11.4. The Morgan fingerprint density at radius 3 is 2.57 bits per heavy atom. The molecule has 126 valence electrons. The third-order valence-electron chi connectivity index (χ3n) is 3.80. The number of halogens is 1. The Bertz CT molecular complexity index is 296. The number of nitrogens with one attached hydrogen (secondary N) is 2. The van der Waals surface area contributed by atoms with Gasteiger partial charge in [0, 0.05) is 38.8 Å². The molecule has 1 aliphatic rings. The molecule has 6 heteroatoms. The Morgan fingerprint density at radius 2 is 1.95 bits per heavy atom. The molecule has 0 aromatic heterocycles. The number of nitrogens with zero attached hydrogens (tertiary/aromatic N) is 3. The Labute approximate surface area is 148 Å². The molecule has 5 nitrogen and oxygen atoms in total. The number of hydrogen-bond donors (Lipinski definition) is 2. The molecule has 1 unspecified atom stereocenters. The van der Waals surface area contributed by atoms with Crippen LogP contribution in [-0.4, -0.2) is 75.2 Å². The van der Waals surface area contributed by atoms with Gasteiger partial charge in [0.2, 0.25) is 0 Å². The van der Waals surface area contributed by atoms with Gasteiger partial charge in [-0.3, -0.25) is 9.89 Å². The monoisotopic (exact) mass is 411 g/mol. The fourth-order valence-electron chi connectivity index (χ4n) is 2.32. The minimum absolute atomic E-state index is 0. The van der Waals surface area contributed by atoms with E-state index in [0.29, 0.717) is 6.04 Å². The van der Waals surface area contributed by atoms with Crippen LogP contribution in [0.2, 0.25) is 0 Å². The molecule has 0 spiro atoms. The van der Waals surface area contributed by atoms with Gasteiger partial charge in [0.1, 0.15) is 0 Å². The summed E-state index contributed by atoms with van der Waals surface area (Å²) in [5.41, 5.74) is 0. The first-order valence-corrected chi connectivity index (χ1v) is 7.93. The second kappa shape index (κ2) is 11.5. The molecule has 1 atom stereocenters. The van der Waals surface area contributed by atoms with E-state index in [9.17, 15) is 0 Å². The van der Waals surface area contributed by atoms with Gasteiger partial charge in [0.15, 0.2) is 5.96 Å². The summed E-state index contributed by atoms with van der Waals surface area (Å²) in [6.07, 6.45) is 1.18. The van der Waals surface area contributed by atoms with Gasteiger partial charge in [-0.05, 0) is 33.4 Å². The van der Waals surface area contributed by atoms with Crippen molar-refractivity contribution in [2.45, 2.75) is 33.2 Å². The van der Waals surface area contributed by atoms with E-state index in [4.69, 9.17) is 4.99 Å². The number of guanidine groups is 1. The van der Waals surface area contributed by atoms with Crippen molar-refractivity contribution in [3.8, 4) is 0 Å². The molecule has 0 aromatic carbocycles. The second-order valence-electron chi connectivity index (χ2n) is 6.23. The average Bonchev–Trinajstić information content (AvgIpc) is 2.39. The fraction of sp³-hybridized carbons (Fsp3) is 0.933. The normalized spacial score (nSPS) is 21.2. The van der Waals surface area contributed by atoms with Gasteiger partial charge in [-0.15, -0.1) is 24.0 Å². The van der Waals surface area contributed by atoms with Crippen LogP contribution in [-0.2, 0) is 0 Å². The van der Waals surface area contributed by atoms with E-state index in [0.717, 1.165) is 51.1 Å². The Hall–Kier alpha value is -0.0800. The van der Waals surface area contributed by atoms with Crippen LogP contribution in [0.1, 0.15) is 27.2 Å². The van der Waals surface area contributed by atoms with Crippen molar-refractivity contribution in [2.75, 3.05) is 53.4 Å². The quantitative estimate of drug-likeness (QED) is 0.395. The van der Waals surface area contributed by atoms with E-state index in [-0.39, 0.29) is 24.0 Å². The first-order chi connectivity index (χ1) is 9.52. The van der Waals surface area contributed by atoms with E-state index in [2.05, 4.69) is 55.3 Å². The van der Waals surface area contributed by atoms with Gasteiger partial charge in [0.05, 0.1) is 6.54 Å². The summed E-state index contributed by atoms with van der Waals surface area (Å²) in [7, 11) is 4.39. The Balaban J connectivity index is 0.00000400. The van der Waals surface area contributed by atoms with Crippen molar-refractivity contribution >= 4 is 29.9 Å². The van der Waals surface area contributed by atoms with E-state index in [1.54, 1.807) is 0 Å². The molecule has 1 heterocycles. The fourth-order valence-corrected chi connectivity index (χ4v) is 2.32. The molecule has 1 aliphatic heterocycles. The predicted octanol–water partition coefficient (Wildman–Crippen LogP) is 1.45. The standard InChI is InChI=1S/C15H33N5.HI/c1-6-16-15(17-8-7-13(2)3)18-11-14-12-19(4)9-10-20(14)5;/h13-14H,6-12H2,1-5H3,(H2,16,17,18);1H. The van der Waals surface area contributed by atoms with Crippen LogP contribution >= 0.6 is 24.0 Å². The van der Waals surface area contributed by atoms with Gasteiger partial charge < -0.3 is 15.5 Å². The maximum absolute atomic E-state index is 4.74. The molecular formula is C15H34IN5. The molecular weight excluding hydrogens is 377 g/mol. The topological polar surface area (TPSA) is 42.9 Å². The summed E-state index contributed by atoms with van der Waals surface area (Å²) in [5, 5.41) is 6.75. The van der Waals surface area contributed by atoms with Gasteiger partial charge >= 0.3 is 0 Å². The van der Waals surface area contributed by atoms with E-state index in [1.165, 1.54) is 6.42 Å². The minimum atomic E-state index is 0. The number of hydrogen-bond acceptors (Lipinski definition) is 3. The summed E-state index contributed by atoms with van der Waals surface area (Å²) in [6, 6.07) is 0.523. The van der Waals surface area contributed by atoms with E-state index in [1.807, 2.05) is 0 Å². The zero-order valence-electron chi connectivity index (χ0n) is 14.4. The van der Waals surface area contributed by atoms with Crippen LogP contribution in [0.25, 0.3) is 0 Å². The summed E-state index contributed by atoms with van der Waals surface area (Å²) in [4.78, 5) is 9.55. The number of likely N-dealkylation sites (N-methyl/N-ethyl adjacent to an activating group) is 2. The summed E-state index contributed by atoms with van der Waals surface area (Å²) in [5.74, 6) is 1.68. The van der Waals surface area contributed by atoms with E-state index >= 15 is 0 Å². The highest BCUT2D eigenvalue weighted by Crippen LogP contribution is 2.06. The number of aliphatic imine (C=N–C) groups is 1. The van der Waals surface area contributed by atoms with Gasteiger partial charge in [-0.25, -0.2) is 0 Å². The molecule has 21 heavy (non-hydrogen) atoms. The zero-order chi connectivity index (χ0) is 15.0. The highest BCUT2D eigenvalue weighted by Gasteiger charge is 2.21. The van der Waals surface area contributed by atoms with Crippen LogP contribution in [0.3, 0.4) is 0 Å². The predicted molar refractivity (Wildman–Crippen MR) is 103 cm³/mol.